The molecule has 0 aliphatic heterocycles. The average Bonchev–Trinajstić information content (AvgIpc) is 2.80. The third-order valence-corrected chi connectivity index (χ3v) is 11.8. The molecule has 2 heteroatoms. The van der Waals surface area contributed by atoms with Crippen molar-refractivity contribution in [2.24, 2.45) is 5.41 Å². The van der Waals surface area contributed by atoms with Crippen LogP contribution in [0.15, 0.2) is 114 Å². The van der Waals surface area contributed by atoms with E-state index >= 15 is 0 Å². The molecule has 0 spiro atoms. The van der Waals surface area contributed by atoms with Crippen molar-refractivity contribution in [2.75, 3.05) is 0 Å². The summed E-state index contributed by atoms with van der Waals surface area (Å²) >= 11 is 0. The first kappa shape index (κ1) is 24.9. The maximum Gasteiger partial charge on any atom is 0.177 e. The van der Waals surface area contributed by atoms with Gasteiger partial charge in [-0.2, -0.15) is 0 Å². The quantitative estimate of drug-likeness (QED) is 0.260. The van der Waals surface area contributed by atoms with Crippen molar-refractivity contribution in [2.45, 2.75) is 53.1 Å². The van der Waals surface area contributed by atoms with Crippen LogP contribution in [0.1, 0.15) is 47.5 Å². The first-order chi connectivity index (χ1) is 15.6. The Bertz CT molecular complexity index is 977. The van der Waals surface area contributed by atoms with Crippen molar-refractivity contribution in [3.8, 4) is 0 Å². The van der Waals surface area contributed by atoms with Gasteiger partial charge in [-0.05, 0) is 52.9 Å². The van der Waals surface area contributed by atoms with E-state index in [0.717, 1.165) is 11.6 Å². The Morgan fingerprint density at radius 3 is 1.42 bits per heavy atom. The molecule has 3 aromatic carbocycles. The molecule has 0 radical (unpaired) electrons. The van der Waals surface area contributed by atoms with Gasteiger partial charge in [0.15, 0.2) is 8.07 Å². The molecule has 0 saturated carbocycles. The lowest BCUT2D eigenvalue weighted by atomic mass is 9.73. The fourth-order valence-electron chi connectivity index (χ4n) is 4.95. The smallest absolute Gasteiger partial charge is 0.177 e. The van der Waals surface area contributed by atoms with Crippen LogP contribution in [0.2, 0.25) is 0 Å². The van der Waals surface area contributed by atoms with E-state index in [0.29, 0.717) is 6.42 Å². The summed E-state index contributed by atoms with van der Waals surface area (Å²) in [5.74, 6) is 0. The van der Waals surface area contributed by atoms with Crippen molar-refractivity contribution < 1.29 is 5.11 Å². The number of allylic oxidation sites excluding steroid dienone is 2. The summed E-state index contributed by atoms with van der Waals surface area (Å²) in [4.78, 5) is 0. The number of benzene rings is 3. The zero-order valence-electron chi connectivity index (χ0n) is 20.8. The highest BCUT2D eigenvalue weighted by molar-refractivity contribution is 7.16. The maximum absolute atomic E-state index is 12.6. The second-order valence-corrected chi connectivity index (χ2v) is 14.1. The Labute approximate surface area is 201 Å². The molecule has 0 saturated heterocycles. The van der Waals surface area contributed by atoms with Gasteiger partial charge in [-0.1, -0.05) is 130 Å². The molecule has 1 nitrogen and oxygen atoms in total. The van der Waals surface area contributed by atoms with Gasteiger partial charge >= 0.3 is 0 Å². The normalized spacial score (nSPS) is 13.8. The van der Waals surface area contributed by atoms with Crippen molar-refractivity contribution in [3.05, 3.63) is 114 Å². The summed E-state index contributed by atoms with van der Waals surface area (Å²) in [6.07, 6.45) is 3.68. The topological polar surface area (TPSA) is 20.2 Å². The molecule has 3 aromatic rings. The third-order valence-electron chi connectivity index (χ3n) is 6.87. The molecule has 33 heavy (non-hydrogen) atoms. The second kappa shape index (κ2) is 10.1. The van der Waals surface area contributed by atoms with E-state index < -0.39 is 13.7 Å². The molecule has 0 amide bonds. The van der Waals surface area contributed by atoms with Gasteiger partial charge < -0.3 is 5.11 Å². The molecule has 0 aromatic heterocycles. The van der Waals surface area contributed by atoms with Crippen LogP contribution in [-0.4, -0.2) is 18.8 Å². The summed E-state index contributed by atoms with van der Waals surface area (Å²) in [6, 6.07) is 32.1. The molecule has 0 heterocycles. The molecule has 3 rings (SSSR count). The highest BCUT2D eigenvalue weighted by Gasteiger charge is 2.53. The lowest BCUT2D eigenvalue weighted by Gasteiger charge is -2.49. The van der Waals surface area contributed by atoms with Crippen LogP contribution in [-0.2, 0) is 0 Å². The van der Waals surface area contributed by atoms with Gasteiger partial charge in [0.2, 0.25) is 0 Å². The first-order valence-electron chi connectivity index (χ1n) is 11.9. The predicted molar refractivity (Wildman–Crippen MR) is 146 cm³/mol. The minimum atomic E-state index is -2.81. The zero-order valence-corrected chi connectivity index (χ0v) is 21.8. The van der Waals surface area contributed by atoms with E-state index in [-0.39, 0.29) is 5.41 Å². The van der Waals surface area contributed by atoms with E-state index in [1.165, 1.54) is 21.1 Å². The van der Waals surface area contributed by atoms with Crippen LogP contribution in [0, 0.1) is 5.41 Å². The number of aliphatic hydroxyl groups is 1. The summed E-state index contributed by atoms with van der Waals surface area (Å²) in [6.45, 7) is 15.4. The van der Waals surface area contributed by atoms with Gasteiger partial charge in [-0.25, -0.2) is 0 Å². The molecule has 1 atom stereocenters. The van der Waals surface area contributed by atoms with Crippen molar-refractivity contribution in [3.63, 3.8) is 0 Å². The molecule has 172 valence electrons. The maximum atomic E-state index is 12.6. The summed E-state index contributed by atoms with van der Waals surface area (Å²) in [5, 5.41) is 17.2. The largest absolute Gasteiger partial charge is 0.385 e. The Morgan fingerprint density at radius 1 is 0.758 bits per heavy atom. The SMILES string of the molecule is C=C(C(O)(CCC=C(C)C)C(C)(C)C)[Si](c1ccccc1)(c1ccccc1)c1ccccc1. The fraction of sp³-hybridized carbons (Fsp3) is 0.290. The van der Waals surface area contributed by atoms with E-state index in [1.54, 1.807) is 0 Å². The highest BCUT2D eigenvalue weighted by atomic mass is 28.3. The van der Waals surface area contributed by atoms with Gasteiger partial charge in [-0.15, -0.1) is 0 Å². The molecule has 1 N–H and O–H groups in total. The van der Waals surface area contributed by atoms with Crippen LogP contribution in [0.5, 0.6) is 0 Å². The lowest BCUT2D eigenvalue weighted by Crippen LogP contribution is -2.73. The van der Waals surface area contributed by atoms with Gasteiger partial charge in [0.25, 0.3) is 0 Å². The van der Waals surface area contributed by atoms with Gasteiger partial charge in [0, 0.05) is 0 Å². The van der Waals surface area contributed by atoms with Crippen LogP contribution in [0.4, 0.5) is 0 Å². The standard InChI is InChI=1S/C31H38OSi/c1-25(2)17-16-24-31(32,30(4,5)6)26(3)33(27-18-10-7-11-19-27,28-20-12-8-13-21-28)29-22-14-9-15-23-29/h7-15,17-23,32H,3,16,24H2,1-2,4-6H3. The van der Waals surface area contributed by atoms with Gasteiger partial charge in [0.1, 0.15) is 0 Å². The minimum absolute atomic E-state index is 0.379. The molecule has 0 aliphatic carbocycles. The van der Waals surface area contributed by atoms with E-state index in [9.17, 15) is 5.11 Å². The zero-order chi connectivity index (χ0) is 24.1. The van der Waals surface area contributed by atoms with Crippen molar-refractivity contribution >= 4 is 23.6 Å². The Hall–Kier alpha value is -2.68. The lowest BCUT2D eigenvalue weighted by molar-refractivity contribution is -0.0246. The predicted octanol–water partition coefficient (Wildman–Crippen LogP) is 5.78. The summed E-state index contributed by atoms with van der Waals surface area (Å²) in [7, 11) is -2.81. The molecule has 1 unspecified atom stereocenters. The van der Waals surface area contributed by atoms with Crippen molar-refractivity contribution in [1.29, 1.82) is 0 Å². The average molecular weight is 455 g/mol. The molecule has 0 aliphatic rings. The third kappa shape index (κ3) is 4.83. The van der Waals surface area contributed by atoms with E-state index in [2.05, 4.69) is 132 Å². The first-order valence-corrected chi connectivity index (χ1v) is 13.9. The van der Waals surface area contributed by atoms with Crippen LogP contribution < -0.4 is 15.6 Å². The van der Waals surface area contributed by atoms with Gasteiger partial charge in [-0.3, -0.25) is 0 Å². The van der Waals surface area contributed by atoms with Gasteiger partial charge in [0.05, 0.1) is 5.60 Å². The fourth-order valence-corrected chi connectivity index (χ4v) is 10.2. The van der Waals surface area contributed by atoms with Crippen molar-refractivity contribution in [1.82, 2.24) is 0 Å². The van der Waals surface area contributed by atoms with Crippen LogP contribution in [0.25, 0.3) is 0 Å². The van der Waals surface area contributed by atoms with E-state index in [1.807, 2.05) is 0 Å². The number of hydrogen-bond acceptors (Lipinski definition) is 1. The molecular weight excluding hydrogens is 416 g/mol. The Kier molecular flexibility index (Phi) is 7.61. The highest BCUT2D eigenvalue weighted by Crippen LogP contribution is 2.43. The number of rotatable bonds is 8. The minimum Gasteiger partial charge on any atom is -0.385 e. The monoisotopic (exact) mass is 454 g/mol. The Balaban J connectivity index is 2.37. The van der Waals surface area contributed by atoms with Crippen LogP contribution >= 0.6 is 0 Å². The second-order valence-electron chi connectivity index (χ2n) is 10.3. The molecule has 0 bridgehead atoms. The molecule has 0 fully saturated rings. The summed E-state index contributed by atoms with van der Waals surface area (Å²) in [5.41, 5.74) is -0.155. The molecular formula is C31H38OSi. The Morgan fingerprint density at radius 2 is 1.12 bits per heavy atom. The number of hydrogen-bond donors (Lipinski definition) is 1. The summed E-state index contributed by atoms with van der Waals surface area (Å²) < 4.78 is 0. The van der Waals surface area contributed by atoms with E-state index in [4.69, 9.17) is 6.58 Å². The van der Waals surface area contributed by atoms with Crippen LogP contribution in [0.3, 0.4) is 0 Å².